The molecule has 0 fully saturated rings. The van der Waals surface area contributed by atoms with Crippen molar-refractivity contribution in [3.63, 3.8) is 0 Å². The molecule has 0 amide bonds. The molecule has 0 aliphatic carbocycles. The van der Waals surface area contributed by atoms with Crippen molar-refractivity contribution in [1.29, 1.82) is 0 Å². The first kappa shape index (κ1) is 16.7. The number of rotatable bonds is 8. The van der Waals surface area contributed by atoms with Crippen LogP contribution in [0.4, 0.5) is 0 Å². The predicted octanol–water partition coefficient (Wildman–Crippen LogP) is -2.64. The summed E-state index contributed by atoms with van der Waals surface area (Å²) < 4.78 is 0. The minimum atomic E-state index is -0.270. The van der Waals surface area contributed by atoms with Crippen LogP contribution in [-0.2, 0) is 0 Å². The molecule has 0 saturated carbocycles. The fourth-order valence-corrected chi connectivity index (χ4v) is 1.30. The maximum Gasteiger partial charge on any atom is 1.00 e. The van der Waals surface area contributed by atoms with Gasteiger partial charge in [0.15, 0.2) is 5.90 Å². The van der Waals surface area contributed by atoms with Gasteiger partial charge in [-0.3, -0.25) is 5.21 Å². The molecular formula is C10H21NNaO2+. The molecule has 2 N–H and O–H groups in total. The molecule has 0 aromatic heterocycles. The van der Waals surface area contributed by atoms with Gasteiger partial charge in [0.2, 0.25) is 0 Å². The molecule has 0 aromatic carbocycles. The average molecular weight is 210 g/mol. The Balaban J connectivity index is 0. The Kier molecular flexibility index (Phi) is 15.8. The smallest absolute Gasteiger partial charge is 0.824 e. The zero-order valence-electron chi connectivity index (χ0n) is 9.51. The average Bonchev–Trinajstić information content (AvgIpc) is 2.16. The van der Waals surface area contributed by atoms with Crippen LogP contribution in [0.1, 0.15) is 58.3 Å². The van der Waals surface area contributed by atoms with Gasteiger partial charge in [-0.1, -0.05) is 50.6 Å². The van der Waals surface area contributed by atoms with Gasteiger partial charge in [-0.15, -0.1) is 0 Å². The summed E-state index contributed by atoms with van der Waals surface area (Å²) in [5.74, 6) is -0.270. The molecule has 0 heterocycles. The Bertz CT molecular complexity index is 140. The fraction of sp³-hybridized carbons (Fsp3) is 0.900. The van der Waals surface area contributed by atoms with Crippen LogP contribution in [0.5, 0.6) is 0 Å². The van der Waals surface area contributed by atoms with Gasteiger partial charge in [-0.05, 0) is 6.42 Å². The van der Waals surface area contributed by atoms with E-state index in [0.717, 1.165) is 12.8 Å². The molecule has 0 aromatic rings. The SMILES string of the molecule is CCCCCCCCCC([O-])=[NH+]O.[Na+]. The van der Waals surface area contributed by atoms with Crippen molar-refractivity contribution in [3.05, 3.63) is 0 Å². The Hall–Kier alpha value is 0.270. The van der Waals surface area contributed by atoms with Crippen LogP contribution >= 0.6 is 0 Å². The van der Waals surface area contributed by atoms with E-state index < -0.39 is 0 Å². The van der Waals surface area contributed by atoms with E-state index in [0.29, 0.717) is 6.42 Å². The molecule has 3 nitrogen and oxygen atoms in total. The Morgan fingerprint density at radius 2 is 1.57 bits per heavy atom. The molecule has 0 spiro atoms. The second kappa shape index (κ2) is 13.3. The van der Waals surface area contributed by atoms with Gasteiger partial charge in [0.1, 0.15) is 0 Å². The van der Waals surface area contributed by atoms with Gasteiger partial charge >= 0.3 is 29.6 Å². The monoisotopic (exact) mass is 210 g/mol. The fourth-order valence-electron chi connectivity index (χ4n) is 1.30. The Morgan fingerprint density at radius 1 is 1.07 bits per heavy atom. The second-order valence-electron chi connectivity index (χ2n) is 3.41. The first-order valence-corrected chi connectivity index (χ1v) is 5.24. The van der Waals surface area contributed by atoms with Gasteiger partial charge in [0, 0.05) is 6.42 Å². The molecule has 0 unspecified atom stereocenters. The topological polar surface area (TPSA) is 57.3 Å². The summed E-state index contributed by atoms with van der Waals surface area (Å²) in [5.41, 5.74) is 0. The largest absolute Gasteiger partial charge is 1.00 e. The quantitative estimate of drug-likeness (QED) is 0.115. The molecular weight excluding hydrogens is 189 g/mol. The summed E-state index contributed by atoms with van der Waals surface area (Å²) in [6, 6.07) is 0. The van der Waals surface area contributed by atoms with Gasteiger partial charge in [-0.2, -0.15) is 0 Å². The first-order chi connectivity index (χ1) is 6.31. The van der Waals surface area contributed by atoms with E-state index in [2.05, 4.69) is 6.92 Å². The van der Waals surface area contributed by atoms with Gasteiger partial charge in [0.05, 0.1) is 0 Å². The summed E-state index contributed by atoms with van der Waals surface area (Å²) >= 11 is 0. The molecule has 0 aliphatic heterocycles. The van der Waals surface area contributed by atoms with Crippen molar-refractivity contribution >= 4 is 5.90 Å². The third kappa shape index (κ3) is 12.3. The van der Waals surface area contributed by atoms with Gasteiger partial charge < -0.3 is 5.11 Å². The van der Waals surface area contributed by atoms with E-state index in [1.165, 1.54) is 32.1 Å². The van der Waals surface area contributed by atoms with Gasteiger partial charge in [0.25, 0.3) is 0 Å². The van der Waals surface area contributed by atoms with Crippen molar-refractivity contribution in [2.24, 2.45) is 0 Å². The zero-order chi connectivity index (χ0) is 9.94. The van der Waals surface area contributed by atoms with Crippen molar-refractivity contribution in [3.8, 4) is 0 Å². The van der Waals surface area contributed by atoms with E-state index in [1.54, 1.807) is 5.16 Å². The van der Waals surface area contributed by atoms with Crippen LogP contribution in [0.15, 0.2) is 0 Å². The van der Waals surface area contributed by atoms with Crippen LogP contribution in [0, 0.1) is 0 Å². The number of hydrogen-bond donors (Lipinski definition) is 2. The van der Waals surface area contributed by atoms with Crippen molar-refractivity contribution in [2.75, 3.05) is 0 Å². The van der Waals surface area contributed by atoms with E-state index in [9.17, 15) is 5.11 Å². The summed E-state index contributed by atoms with van der Waals surface area (Å²) in [5, 5.41) is 20.4. The maximum absolute atomic E-state index is 10.6. The van der Waals surface area contributed by atoms with E-state index in [-0.39, 0.29) is 35.5 Å². The standard InChI is InChI=1S/C10H21NO2.Na/c1-2-3-4-5-6-7-8-9-10(12)11-13;/h13H,2-9H2,1H3,(H,11,12);/q;+1. The number of hydrogen-bond acceptors (Lipinski definition) is 2. The van der Waals surface area contributed by atoms with Crippen molar-refractivity contribution in [2.45, 2.75) is 58.3 Å². The summed E-state index contributed by atoms with van der Waals surface area (Å²) in [4.78, 5) is 0. The first-order valence-electron chi connectivity index (χ1n) is 5.24. The molecule has 0 saturated heterocycles. The number of unbranched alkanes of at least 4 members (excludes halogenated alkanes) is 6. The minimum absolute atomic E-state index is 0. The molecule has 0 aliphatic rings. The zero-order valence-corrected chi connectivity index (χ0v) is 11.5. The van der Waals surface area contributed by atoms with Crippen molar-refractivity contribution < 1.29 is 45.0 Å². The van der Waals surface area contributed by atoms with Crippen LogP contribution in [0.3, 0.4) is 0 Å². The van der Waals surface area contributed by atoms with E-state index in [4.69, 9.17) is 5.21 Å². The molecule has 0 rings (SSSR count). The molecule has 4 heteroatoms. The molecule has 14 heavy (non-hydrogen) atoms. The third-order valence-electron chi connectivity index (χ3n) is 2.13. The van der Waals surface area contributed by atoms with E-state index >= 15 is 0 Å². The molecule has 78 valence electrons. The van der Waals surface area contributed by atoms with Crippen molar-refractivity contribution in [1.82, 2.24) is 0 Å². The molecule has 0 atom stereocenters. The molecule has 0 radical (unpaired) electrons. The number of nitrogens with one attached hydrogen (secondary N) is 1. The Morgan fingerprint density at radius 3 is 2.07 bits per heavy atom. The minimum Gasteiger partial charge on any atom is -0.824 e. The van der Waals surface area contributed by atoms with Crippen LogP contribution in [0.2, 0.25) is 0 Å². The van der Waals surface area contributed by atoms with Crippen LogP contribution in [-0.4, -0.2) is 11.1 Å². The van der Waals surface area contributed by atoms with Gasteiger partial charge in [-0.25, -0.2) is 0 Å². The predicted molar refractivity (Wildman–Crippen MR) is 50.4 cm³/mol. The van der Waals surface area contributed by atoms with Crippen LogP contribution in [0.25, 0.3) is 0 Å². The summed E-state index contributed by atoms with van der Waals surface area (Å²) in [6.07, 6.45) is 8.81. The maximum atomic E-state index is 10.6. The second-order valence-corrected chi connectivity index (χ2v) is 3.41. The molecule has 0 bridgehead atoms. The van der Waals surface area contributed by atoms with E-state index in [1.807, 2.05) is 0 Å². The summed E-state index contributed by atoms with van der Waals surface area (Å²) in [6.45, 7) is 2.20. The normalized spacial score (nSPS) is 11.1. The third-order valence-corrected chi connectivity index (χ3v) is 2.13. The van der Waals surface area contributed by atoms with Crippen LogP contribution < -0.4 is 39.8 Å². The Labute approximate surface area is 109 Å². The summed E-state index contributed by atoms with van der Waals surface area (Å²) in [7, 11) is 0.